The number of halogens is 1. The van der Waals surface area contributed by atoms with Gasteiger partial charge in [-0.15, -0.1) is 0 Å². The first-order valence-corrected chi connectivity index (χ1v) is 7.71. The minimum absolute atomic E-state index is 0.400. The fraction of sp³-hybridized carbons (Fsp3) is 0.625. The third kappa shape index (κ3) is 4.20. The van der Waals surface area contributed by atoms with Crippen LogP contribution in [0.4, 0.5) is 0 Å². The van der Waals surface area contributed by atoms with Gasteiger partial charge in [0.1, 0.15) is 0 Å². The van der Waals surface area contributed by atoms with Crippen LogP contribution >= 0.6 is 11.6 Å². The SMILES string of the molecule is CC(C)C(NC1CCC(N)CC1)c1ccc(Cl)cc1. The lowest BCUT2D eigenvalue weighted by Crippen LogP contribution is -2.40. The molecule has 0 aliphatic heterocycles. The Hall–Kier alpha value is -0.570. The van der Waals surface area contributed by atoms with Crippen molar-refractivity contribution in [2.45, 2.75) is 57.7 Å². The normalized spacial score (nSPS) is 25.5. The summed E-state index contributed by atoms with van der Waals surface area (Å²) in [6, 6.07) is 9.63. The second kappa shape index (κ2) is 6.74. The summed E-state index contributed by atoms with van der Waals surface area (Å²) in [5.41, 5.74) is 7.30. The number of rotatable bonds is 4. The first-order valence-electron chi connectivity index (χ1n) is 7.33. The topological polar surface area (TPSA) is 38.0 Å². The Morgan fingerprint density at radius 3 is 2.21 bits per heavy atom. The summed E-state index contributed by atoms with van der Waals surface area (Å²) in [5.74, 6) is 0.566. The van der Waals surface area contributed by atoms with E-state index in [-0.39, 0.29) is 0 Å². The van der Waals surface area contributed by atoms with Crippen LogP contribution in [-0.2, 0) is 0 Å². The molecule has 3 N–H and O–H groups in total. The number of hydrogen-bond donors (Lipinski definition) is 2. The van der Waals surface area contributed by atoms with E-state index in [4.69, 9.17) is 17.3 Å². The predicted molar refractivity (Wildman–Crippen MR) is 82.4 cm³/mol. The van der Waals surface area contributed by atoms with E-state index in [0.29, 0.717) is 24.0 Å². The van der Waals surface area contributed by atoms with E-state index in [0.717, 1.165) is 17.9 Å². The van der Waals surface area contributed by atoms with E-state index in [2.05, 4.69) is 31.3 Å². The maximum Gasteiger partial charge on any atom is 0.0406 e. The first kappa shape index (κ1) is 14.8. The standard InChI is InChI=1S/C16H25ClN2/c1-11(2)16(12-3-5-13(17)6-4-12)19-15-9-7-14(18)8-10-15/h3-6,11,14-16,19H,7-10,18H2,1-2H3. The van der Waals surface area contributed by atoms with Crippen molar-refractivity contribution in [1.82, 2.24) is 5.32 Å². The van der Waals surface area contributed by atoms with Crippen molar-refractivity contribution in [3.63, 3.8) is 0 Å². The molecule has 1 aromatic carbocycles. The zero-order chi connectivity index (χ0) is 13.8. The Bertz CT molecular complexity index is 380. The highest BCUT2D eigenvalue weighted by atomic mass is 35.5. The summed E-state index contributed by atoms with van der Waals surface area (Å²) >= 11 is 5.97. The predicted octanol–water partition coefficient (Wildman–Crippen LogP) is 3.90. The molecular formula is C16H25ClN2. The van der Waals surface area contributed by atoms with E-state index < -0.39 is 0 Å². The zero-order valence-corrected chi connectivity index (χ0v) is 12.7. The summed E-state index contributed by atoms with van der Waals surface area (Å²) < 4.78 is 0. The van der Waals surface area contributed by atoms with Crippen molar-refractivity contribution >= 4 is 11.6 Å². The number of benzene rings is 1. The molecule has 0 heterocycles. The molecule has 0 spiro atoms. The largest absolute Gasteiger partial charge is 0.328 e. The molecule has 1 aliphatic carbocycles. The number of nitrogens with two attached hydrogens (primary N) is 1. The fourth-order valence-corrected chi connectivity index (χ4v) is 3.01. The maximum absolute atomic E-state index is 5.97. The van der Waals surface area contributed by atoms with Gasteiger partial charge in [0.2, 0.25) is 0 Å². The average Bonchev–Trinajstić information content (AvgIpc) is 2.39. The first-order chi connectivity index (χ1) is 9.06. The molecular weight excluding hydrogens is 256 g/mol. The zero-order valence-electron chi connectivity index (χ0n) is 11.9. The lowest BCUT2D eigenvalue weighted by atomic mass is 9.89. The molecule has 2 rings (SSSR count). The van der Waals surface area contributed by atoms with Gasteiger partial charge in [-0.05, 0) is 49.3 Å². The van der Waals surface area contributed by atoms with Crippen LogP contribution < -0.4 is 11.1 Å². The van der Waals surface area contributed by atoms with Crippen LogP contribution in [0.5, 0.6) is 0 Å². The Balaban J connectivity index is 2.02. The Morgan fingerprint density at radius 1 is 1.11 bits per heavy atom. The Kier molecular flexibility index (Phi) is 5.26. The molecule has 0 amide bonds. The molecule has 3 heteroatoms. The van der Waals surface area contributed by atoms with E-state index in [1.54, 1.807) is 0 Å². The number of nitrogens with one attached hydrogen (secondary N) is 1. The van der Waals surface area contributed by atoms with Crippen LogP contribution in [0.15, 0.2) is 24.3 Å². The molecule has 106 valence electrons. The summed E-state index contributed by atoms with van der Waals surface area (Å²) in [5, 5.41) is 4.61. The third-order valence-electron chi connectivity index (χ3n) is 4.08. The second-order valence-corrected chi connectivity index (χ2v) is 6.49. The van der Waals surface area contributed by atoms with E-state index in [1.165, 1.54) is 18.4 Å². The van der Waals surface area contributed by atoms with Gasteiger partial charge in [0.05, 0.1) is 0 Å². The molecule has 1 saturated carbocycles. The summed E-state index contributed by atoms with van der Waals surface area (Å²) in [7, 11) is 0. The molecule has 0 saturated heterocycles. The molecule has 0 aromatic heterocycles. The van der Waals surface area contributed by atoms with Crippen molar-refractivity contribution in [3.05, 3.63) is 34.9 Å². The molecule has 1 atom stereocenters. The van der Waals surface area contributed by atoms with Gasteiger partial charge < -0.3 is 11.1 Å². The second-order valence-electron chi connectivity index (χ2n) is 6.05. The lowest BCUT2D eigenvalue weighted by molar-refractivity contribution is 0.286. The van der Waals surface area contributed by atoms with Crippen LogP contribution in [0, 0.1) is 5.92 Å². The van der Waals surface area contributed by atoms with Crippen LogP contribution in [0.25, 0.3) is 0 Å². The van der Waals surface area contributed by atoms with Gasteiger partial charge >= 0.3 is 0 Å². The quantitative estimate of drug-likeness (QED) is 0.878. The monoisotopic (exact) mass is 280 g/mol. The lowest BCUT2D eigenvalue weighted by Gasteiger charge is -2.33. The van der Waals surface area contributed by atoms with Crippen LogP contribution in [0.1, 0.15) is 51.1 Å². The molecule has 1 unspecified atom stereocenters. The van der Waals surface area contributed by atoms with Crippen molar-refractivity contribution in [2.24, 2.45) is 11.7 Å². The van der Waals surface area contributed by atoms with Gasteiger partial charge in [-0.2, -0.15) is 0 Å². The van der Waals surface area contributed by atoms with Crippen molar-refractivity contribution in [3.8, 4) is 0 Å². The minimum atomic E-state index is 0.400. The summed E-state index contributed by atoms with van der Waals surface area (Å²) in [6.45, 7) is 4.53. The molecule has 1 fully saturated rings. The van der Waals surface area contributed by atoms with Gasteiger partial charge in [-0.25, -0.2) is 0 Å². The van der Waals surface area contributed by atoms with Crippen molar-refractivity contribution in [2.75, 3.05) is 0 Å². The van der Waals surface area contributed by atoms with Gasteiger partial charge in [-0.1, -0.05) is 37.6 Å². The fourth-order valence-electron chi connectivity index (χ4n) is 2.88. The van der Waals surface area contributed by atoms with Crippen molar-refractivity contribution in [1.29, 1.82) is 0 Å². The smallest absolute Gasteiger partial charge is 0.0406 e. The highest BCUT2D eigenvalue weighted by molar-refractivity contribution is 6.30. The van der Waals surface area contributed by atoms with Gasteiger partial charge in [0.25, 0.3) is 0 Å². The molecule has 1 aliphatic rings. The molecule has 0 radical (unpaired) electrons. The molecule has 1 aromatic rings. The Labute approximate surface area is 121 Å². The van der Waals surface area contributed by atoms with Crippen LogP contribution in [0.2, 0.25) is 5.02 Å². The number of hydrogen-bond acceptors (Lipinski definition) is 2. The molecule has 19 heavy (non-hydrogen) atoms. The average molecular weight is 281 g/mol. The maximum atomic E-state index is 5.97. The van der Waals surface area contributed by atoms with Crippen molar-refractivity contribution < 1.29 is 0 Å². The van der Waals surface area contributed by atoms with E-state index in [1.807, 2.05) is 12.1 Å². The molecule has 2 nitrogen and oxygen atoms in total. The highest BCUT2D eigenvalue weighted by Gasteiger charge is 2.23. The van der Waals surface area contributed by atoms with Crippen LogP contribution in [-0.4, -0.2) is 12.1 Å². The highest BCUT2D eigenvalue weighted by Crippen LogP contribution is 2.27. The van der Waals surface area contributed by atoms with Crippen LogP contribution in [0.3, 0.4) is 0 Å². The van der Waals surface area contributed by atoms with E-state index >= 15 is 0 Å². The Morgan fingerprint density at radius 2 is 1.68 bits per heavy atom. The van der Waals surface area contributed by atoms with Gasteiger partial charge in [0, 0.05) is 23.1 Å². The summed E-state index contributed by atoms with van der Waals surface area (Å²) in [4.78, 5) is 0. The van der Waals surface area contributed by atoms with E-state index in [9.17, 15) is 0 Å². The minimum Gasteiger partial charge on any atom is -0.328 e. The summed E-state index contributed by atoms with van der Waals surface area (Å²) in [6.07, 6.45) is 4.67. The molecule has 0 bridgehead atoms. The third-order valence-corrected chi connectivity index (χ3v) is 4.33. The van der Waals surface area contributed by atoms with Gasteiger partial charge in [-0.3, -0.25) is 0 Å². The van der Waals surface area contributed by atoms with Gasteiger partial charge in [0.15, 0.2) is 0 Å².